The van der Waals surface area contributed by atoms with E-state index < -0.39 is 24.2 Å². The summed E-state index contributed by atoms with van der Waals surface area (Å²) in [6, 6.07) is 62.0. The largest absolute Gasteiger partial charge is 0.454 e. The first-order valence-corrected chi connectivity index (χ1v) is 55.1. The number of amides is 5. The molecule has 0 aliphatic carbocycles. The van der Waals surface area contributed by atoms with Crippen molar-refractivity contribution in [3.8, 4) is 11.5 Å². The second kappa shape index (κ2) is 40.6. The van der Waals surface area contributed by atoms with Crippen LogP contribution in [0, 0.1) is 34.6 Å². The molecule has 4 N–H and O–H groups in total. The van der Waals surface area contributed by atoms with E-state index in [0.29, 0.717) is 78.0 Å². The zero-order valence-corrected chi connectivity index (χ0v) is 81.9. The van der Waals surface area contributed by atoms with Crippen molar-refractivity contribution in [2.75, 3.05) is 113 Å². The fourth-order valence-electron chi connectivity index (χ4n) is 13.6. The Labute approximate surface area is 751 Å². The first-order chi connectivity index (χ1) is 56.9. The Morgan fingerprint density at radius 3 is 1.18 bits per heavy atom. The molecule has 5 heterocycles. The highest BCUT2D eigenvalue weighted by molar-refractivity contribution is 9.11. The van der Waals surface area contributed by atoms with Crippen molar-refractivity contribution in [1.82, 2.24) is 0 Å². The number of hydrogen-bond donors (Lipinski definition) is 4. The number of halogens is 5. The molecule has 19 nitrogen and oxygen atoms in total. The summed E-state index contributed by atoms with van der Waals surface area (Å²) in [6.07, 6.45) is 0. The topological polar surface area (TPSA) is 196 Å². The average Bonchev–Trinajstić information content (AvgIpc) is 1.62. The maximum Gasteiger partial charge on any atom is 0.262 e. The van der Waals surface area contributed by atoms with E-state index in [1.54, 1.807) is 33.9 Å². The highest BCUT2D eigenvalue weighted by Gasteiger charge is 2.35. The third-order valence-electron chi connectivity index (χ3n) is 20.2. The van der Waals surface area contributed by atoms with Crippen LogP contribution in [0.3, 0.4) is 0 Å². The number of ether oxygens (including phenoxy) is 5. The second-order valence-corrected chi connectivity index (χ2v) is 55.2. The van der Waals surface area contributed by atoms with Crippen molar-refractivity contribution >= 4 is 207 Å². The molecule has 5 aliphatic heterocycles. The van der Waals surface area contributed by atoms with Gasteiger partial charge in [-0.25, -0.2) is 0 Å². The van der Waals surface area contributed by atoms with Gasteiger partial charge in [-0.15, -0.1) is 0 Å². The summed E-state index contributed by atoms with van der Waals surface area (Å²) in [5.41, 5.74) is 20.1. The lowest BCUT2D eigenvalue weighted by atomic mass is 10.1. The molecule has 10 aromatic rings. The van der Waals surface area contributed by atoms with Crippen LogP contribution in [0.5, 0.6) is 11.5 Å². The maximum absolute atomic E-state index is 13.6. The summed E-state index contributed by atoms with van der Waals surface area (Å²) >= 11 is 17.3. The van der Waals surface area contributed by atoms with E-state index in [4.69, 9.17) is 23.7 Å². The zero-order valence-electron chi connectivity index (χ0n) is 71.0. The molecular formula is C93H106Br5N9O10Si3. The fraction of sp³-hybridized carbons (Fsp3) is 0.301. The van der Waals surface area contributed by atoms with Gasteiger partial charge in [-0.1, -0.05) is 169 Å². The van der Waals surface area contributed by atoms with Crippen LogP contribution in [0.25, 0.3) is 0 Å². The lowest BCUT2D eigenvalue weighted by Gasteiger charge is -2.28. The van der Waals surface area contributed by atoms with Gasteiger partial charge in [-0.05, 0) is 239 Å². The maximum atomic E-state index is 13.6. The summed E-state index contributed by atoms with van der Waals surface area (Å²) in [5.74, 6) is 0.858. The van der Waals surface area contributed by atoms with Gasteiger partial charge in [0.1, 0.15) is 25.9 Å². The second-order valence-electron chi connectivity index (χ2n) is 33.8. The first-order valence-electron chi connectivity index (χ1n) is 40.0. The number of anilines is 13. The van der Waals surface area contributed by atoms with Crippen LogP contribution >= 0.6 is 79.6 Å². The molecule has 27 heteroatoms. The Hall–Kier alpha value is -8.56. The summed E-state index contributed by atoms with van der Waals surface area (Å²) in [4.78, 5) is 74.4. The van der Waals surface area contributed by atoms with Gasteiger partial charge in [0.2, 0.25) is 0 Å². The number of carbonyl (C=O) groups excluding carboxylic acids is 5. The smallest absolute Gasteiger partial charge is 0.262 e. The number of fused-ring (bicyclic) bond motifs is 10. The zero-order chi connectivity index (χ0) is 86.7. The standard InChI is InChI=1S/C23H31BrN2O3Si.C22H29BrN2O2Si.C20H25BrN2O2Si.C14H11BrN2O.C14H10BrNO2/c1-17-6-8-21-22(14-17)26(16-29-12-13-30(3,4)5)23(27)19-15-18(24)7-9-20(19)25(21)10-11-28-2;1-6-24-19-10-8-17(23)14-18(19)22(26)25(15-27-11-12-28(3,4)5)21-13-16(2)7-9-20(21)24;1-14-5-7-18-19(11-14)23(13-25-9-10-26(2,3)4)20(24)16-12-15(21)6-8-17(16)22-18;1-8-2-4-12-13(6-8)17-14(18)10-7-9(15)3-5-11(10)16-12;1-8-2-4-13-11(6-8)16-14(17)10-7-9(15)3-5-12(10)18-13/h6-9,14-15H,10-13,16H2,1-5H3;7-10,13-14H,6,11-12,15H2,1-5H3;5-8,11-12,22H,9-10,13H2,1-4H3;2-7,16H,1H3,(H,17,18);2-7H,1H3,(H,16,17). The van der Waals surface area contributed by atoms with Gasteiger partial charge in [0, 0.05) is 86.6 Å². The van der Waals surface area contributed by atoms with Gasteiger partial charge in [-0.2, -0.15) is 0 Å². The molecule has 0 spiro atoms. The van der Waals surface area contributed by atoms with E-state index in [0.717, 1.165) is 143 Å². The summed E-state index contributed by atoms with van der Waals surface area (Å²) < 4.78 is 33.5. The van der Waals surface area contributed by atoms with E-state index in [9.17, 15) is 24.0 Å². The van der Waals surface area contributed by atoms with Crippen LogP contribution in [-0.4, -0.2) is 121 Å². The van der Waals surface area contributed by atoms with Crippen LogP contribution in [-0.2, 0) is 18.9 Å². The average molecular weight is 1990 g/mol. The lowest BCUT2D eigenvalue weighted by molar-refractivity contribution is 0.0893. The molecule has 120 heavy (non-hydrogen) atoms. The summed E-state index contributed by atoms with van der Waals surface area (Å²) in [6.45, 7) is 37.9. The predicted molar refractivity (Wildman–Crippen MR) is 518 cm³/mol. The van der Waals surface area contributed by atoms with E-state index in [2.05, 4.69) is 220 Å². The van der Waals surface area contributed by atoms with E-state index in [1.807, 2.05) is 161 Å². The minimum absolute atomic E-state index is 0.0212. The summed E-state index contributed by atoms with van der Waals surface area (Å²) in [7, 11) is -1.84. The van der Waals surface area contributed by atoms with E-state index in [1.165, 1.54) is 0 Å². The van der Waals surface area contributed by atoms with Gasteiger partial charge in [-0.3, -0.25) is 38.7 Å². The van der Waals surface area contributed by atoms with Crippen molar-refractivity contribution in [1.29, 1.82) is 0 Å². The predicted octanol–water partition coefficient (Wildman–Crippen LogP) is 26.0. The molecule has 0 fully saturated rings. The number of hydrogen-bond acceptors (Lipinski definition) is 14. The molecule has 10 aromatic carbocycles. The number of aryl methyl sites for hydroxylation is 5. The summed E-state index contributed by atoms with van der Waals surface area (Å²) in [5, 5.41) is 12.5. The molecule has 0 aromatic heterocycles. The quantitative estimate of drug-likeness (QED) is 0.0441. The Kier molecular flexibility index (Phi) is 31.2. The number of rotatable bonds is 19. The Morgan fingerprint density at radius 2 is 0.667 bits per heavy atom. The Bertz CT molecular complexity index is 5350. The third kappa shape index (κ3) is 24.0. The van der Waals surface area contributed by atoms with Crippen LogP contribution in [0.1, 0.15) is 86.5 Å². The van der Waals surface area contributed by atoms with Gasteiger partial charge in [0.05, 0.1) is 108 Å². The van der Waals surface area contributed by atoms with Crippen molar-refractivity contribution in [3.05, 3.63) is 260 Å². The van der Waals surface area contributed by atoms with Crippen LogP contribution in [0.15, 0.2) is 204 Å². The molecule has 0 radical (unpaired) electrons. The van der Waals surface area contributed by atoms with Crippen molar-refractivity contribution in [3.63, 3.8) is 0 Å². The van der Waals surface area contributed by atoms with Crippen LogP contribution < -0.4 is 50.5 Å². The molecular weight excluding hydrogens is 1890 g/mol. The van der Waals surface area contributed by atoms with Crippen molar-refractivity contribution in [2.24, 2.45) is 0 Å². The molecule has 0 saturated heterocycles. The van der Waals surface area contributed by atoms with Gasteiger partial charge in [0.15, 0.2) is 5.75 Å². The first kappa shape index (κ1) is 92.2. The molecule has 630 valence electrons. The molecule has 0 saturated carbocycles. The van der Waals surface area contributed by atoms with Gasteiger partial charge in [0.25, 0.3) is 29.5 Å². The molecule has 15 rings (SSSR count). The highest BCUT2D eigenvalue weighted by Crippen LogP contribution is 2.46. The molecule has 0 bridgehead atoms. The van der Waals surface area contributed by atoms with Crippen LogP contribution in [0.4, 0.5) is 73.9 Å². The number of nitrogens with zero attached hydrogens (tertiary/aromatic N) is 5. The monoisotopic (exact) mass is 1990 g/mol. The molecule has 5 aliphatic rings. The molecule has 0 atom stereocenters. The fourth-order valence-corrected chi connectivity index (χ4v) is 17.7. The van der Waals surface area contributed by atoms with Gasteiger partial charge < -0.3 is 54.8 Å². The van der Waals surface area contributed by atoms with Crippen LogP contribution in [0.2, 0.25) is 77.1 Å². The number of carbonyl (C=O) groups is 5. The molecule has 0 unspecified atom stereocenters. The minimum Gasteiger partial charge on any atom is -0.454 e. The Balaban J connectivity index is 0.000000149. The normalized spacial score (nSPS) is 13.6. The minimum atomic E-state index is -1.20. The third-order valence-corrected chi connectivity index (χ3v) is 27.8. The highest BCUT2D eigenvalue weighted by atomic mass is 79.9. The van der Waals surface area contributed by atoms with Crippen molar-refractivity contribution < 1.29 is 47.7 Å². The van der Waals surface area contributed by atoms with E-state index >= 15 is 0 Å². The van der Waals surface area contributed by atoms with Gasteiger partial charge >= 0.3 is 0 Å². The number of nitrogens with one attached hydrogen (secondary N) is 4. The SMILES string of the molecule is CCN1c2ccc(Br)cc2C(=O)N(COCC[Si](C)(C)C)c2cc(C)ccc21.COCCN1c2ccc(Br)cc2C(=O)N(COCC[Si](C)(C)C)c2cc(C)ccc21.Cc1ccc2c(c1)N(COCC[Si](C)(C)C)C(=O)c1cc(Br)ccc1N2.Cc1ccc2c(c1)NC(=O)c1cc(Br)ccc1N2.Cc1ccc2c(c1)NC(=O)c1cc(Br)ccc1O2. The van der Waals surface area contributed by atoms with E-state index in [-0.39, 0.29) is 49.7 Å². The number of methoxy groups -OCH3 is 1. The Morgan fingerprint density at radius 1 is 0.317 bits per heavy atom. The lowest BCUT2D eigenvalue weighted by Crippen LogP contribution is -2.33. The molecule has 5 amide bonds. The number of benzene rings is 10. The van der Waals surface area contributed by atoms with Crippen molar-refractivity contribution in [2.45, 2.75) is 119 Å².